The molecule has 3 aromatic rings. The third-order valence-corrected chi connectivity index (χ3v) is 8.17. The largest absolute Gasteiger partial charge is 0.496 e. The number of rotatable bonds is 5. The second-order valence-corrected chi connectivity index (χ2v) is 10.4. The zero-order chi connectivity index (χ0) is 27.1. The van der Waals surface area contributed by atoms with Gasteiger partial charge >= 0.3 is 6.09 Å². The first kappa shape index (κ1) is 26.2. The van der Waals surface area contributed by atoms with Gasteiger partial charge in [-0.15, -0.1) is 0 Å². The Labute approximate surface area is 221 Å². The topological polar surface area (TPSA) is 93.9 Å². The van der Waals surface area contributed by atoms with Gasteiger partial charge in [-0.3, -0.25) is 9.69 Å². The standard InChI is InChI=1S/C29H34FN3O5/c1-16-8-10-21-23(32(16)29(36)38-4)11-12-24-26(21)31-28(27(35)22-15-19(30)9-13-25(22)37-3)33(24)20-7-5-6-18(14-20)17(2)34/h9,11-13,15-16,18,20,27,35H,5-8,10,14H2,1-4H3/t16-,18?,20?,27?/m0/s1. The zero-order valence-electron chi connectivity index (χ0n) is 22.2. The molecule has 8 nitrogen and oxygen atoms in total. The van der Waals surface area contributed by atoms with E-state index in [2.05, 4.69) is 0 Å². The van der Waals surface area contributed by atoms with Crippen molar-refractivity contribution in [3.8, 4) is 5.75 Å². The number of methoxy groups -OCH3 is 2. The average molecular weight is 524 g/mol. The molecule has 3 unspecified atom stereocenters. The van der Waals surface area contributed by atoms with Gasteiger partial charge in [-0.2, -0.15) is 0 Å². The van der Waals surface area contributed by atoms with Gasteiger partial charge in [-0.25, -0.2) is 14.2 Å². The maximum absolute atomic E-state index is 14.3. The number of aryl methyl sites for hydroxylation is 1. The van der Waals surface area contributed by atoms with Gasteiger partial charge in [-0.05, 0) is 76.3 Å². The Morgan fingerprint density at radius 2 is 1.95 bits per heavy atom. The number of ether oxygens (including phenoxy) is 2. The molecule has 1 fully saturated rings. The maximum Gasteiger partial charge on any atom is 0.414 e. The fourth-order valence-electron chi connectivity index (χ4n) is 6.20. The fraction of sp³-hybridized carbons (Fsp3) is 0.483. The van der Waals surface area contributed by atoms with Crippen molar-refractivity contribution < 1.29 is 28.6 Å². The number of halogens is 1. The van der Waals surface area contributed by atoms with Crippen molar-refractivity contribution in [3.05, 3.63) is 53.1 Å². The van der Waals surface area contributed by atoms with Gasteiger partial charge in [0.05, 0.1) is 30.9 Å². The predicted molar refractivity (Wildman–Crippen MR) is 141 cm³/mol. The highest BCUT2D eigenvalue weighted by Crippen LogP contribution is 2.43. The summed E-state index contributed by atoms with van der Waals surface area (Å²) in [6, 6.07) is 7.77. The molecule has 5 rings (SSSR count). The summed E-state index contributed by atoms with van der Waals surface area (Å²) in [5, 5.41) is 11.7. The Morgan fingerprint density at radius 1 is 1.16 bits per heavy atom. The second-order valence-electron chi connectivity index (χ2n) is 10.4. The molecule has 1 aromatic heterocycles. The number of carbonyl (C=O) groups is 2. The summed E-state index contributed by atoms with van der Waals surface area (Å²) < 4.78 is 26.8. The first-order valence-corrected chi connectivity index (χ1v) is 13.2. The number of imidazole rings is 1. The smallest absolute Gasteiger partial charge is 0.414 e. The summed E-state index contributed by atoms with van der Waals surface area (Å²) in [7, 11) is 2.84. The quantitative estimate of drug-likeness (QED) is 0.475. The third-order valence-electron chi connectivity index (χ3n) is 8.17. The van der Waals surface area contributed by atoms with E-state index < -0.39 is 18.0 Å². The molecule has 2 aliphatic rings. The number of Topliss-reactive ketones (excluding diaryl/α,β-unsaturated/α-hetero) is 1. The van der Waals surface area contributed by atoms with Gasteiger partial charge in [0.25, 0.3) is 0 Å². The van der Waals surface area contributed by atoms with Crippen molar-refractivity contribution in [2.75, 3.05) is 19.1 Å². The molecule has 0 spiro atoms. The lowest BCUT2D eigenvalue weighted by Gasteiger charge is -2.34. The molecule has 1 N–H and O–H groups in total. The molecule has 2 aromatic carbocycles. The van der Waals surface area contributed by atoms with E-state index in [9.17, 15) is 19.1 Å². The van der Waals surface area contributed by atoms with Gasteiger partial charge in [-0.1, -0.05) is 6.42 Å². The molecule has 0 saturated heterocycles. The van der Waals surface area contributed by atoms with E-state index >= 15 is 0 Å². The van der Waals surface area contributed by atoms with Crippen LogP contribution in [-0.4, -0.2) is 46.8 Å². The Bertz CT molecular complexity index is 1390. The highest BCUT2D eigenvalue weighted by molar-refractivity contribution is 5.95. The van der Waals surface area contributed by atoms with Crippen LogP contribution in [0.2, 0.25) is 0 Å². The van der Waals surface area contributed by atoms with Gasteiger partial charge < -0.3 is 19.1 Å². The molecular weight excluding hydrogens is 489 g/mol. The number of nitrogens with zero attached hydrogens (tertiary/aromatic N) is 3. The van der Waals surface area contributed by atoms with Crippen molar-refractivity contribution >= 4 is 28.6 Å². The molecule has 9 heteroatoms. The number of fused-ring (bicyclic) bond motifs is 3. The van der Waals surface area contributed by atoms with Crippen LogP contribution >= 0.6 is 0 Å². The summed E-state index contributed by atoms with van der Waals surface area (Å²) in [5.41, 5.74) is 3.44. The molecular formula is C29H34FN3O5. The molecule has 1 aliphatic heterocycles. The number of amides is 1. The van der Waals surface area contributed by atoms with E-state index in [1.165, 1.54) is 32.4 Å². The van der Waals surface area contributed by atoms with Gasteiger partial charge in [0, 0.05) is 29.1 Å². The number of aromatic nitrogens is 2. The van der Waals surface area contributed by atoms with E-state index in [4.69, 9.17) is 14.5 Å². The molecule has 0 bridgehead atoms. The third kappa shape index (κ3) is 4.42. The maximum atomic E-state index is 14.3. The van der Waals surface area contributed by atoms with Crippen LogP contribution < -0.4 is 9.64 Å². The van der Waals surface area contributed by atoms with Gasteiger partial charge in [0.15, 0.2) is 0 Å². The number of benzene rings is 2. The first-order chi connectivity index (χ1) is 18.2. The van der Waals surface area contributed by atoms with Crippen molar-refractivity contribution in [2.24, 2.45) is 5.92 Å². The minimum atomic E-state index is -1.26. The van der Waals surface area contributed by atoms with Crippen LogP contribution in [0.4, 0.5) is 14.9 Å². The Hall–Kier alpha value is -3.46. The summed E-state index contributed by atoms with van der Waals surface area (Å²) in [4.78, 5) is 31.6. The summed E-state index contributed by atoms with van der Waals surface area (Å²) in [5.74, 6) is 0.337. The lowest BCUT2D eigenvalue weighted by molar-refractivity contribution is -0.122. The molecule has 38 heavy (non-hydrogen) atoms. The van der Waals surface area contributed by atoms with Crippen LogP contribution in [-0.2, 0) is 16.0 Å². The zero-order valence-corrected chi connectivity index (χ0v) is 22.2. The minimum absolute atomic E-state index is 0.0363. The highest BCUT2D eigenvalue weighted by Gasteiger charge is 2.35. The molecule has 202 valence electrons. The summed E-state index contributed by atoms with van der Waals surface area (Å²) in [6.45, 7) is 3.61. The Morgan fingerprint density at radius 3 is 2.66 bits per heavy atom. The normalized spacial score (nSPS) is 22.2. The molecule has 0 radical (unpaired) electrons. The number of anilines is 1. The second kappa shape index (κ2) is 10.4. The Kier molecular flexibility index (Phi) is 7.13. The summed E-state index contributed by atoms with van der Waals surface area (Å²) in [6.07, 6.45) is 2.94. The summed E-state index contributed by atoms with van der Waals surface area (Å²) >= 11 is 0. The number of ketones is 1. The molecule has 4 atom stereocenters. The lowest BCUT2D eigenvalue weighted by atomic mass is 9.83. The number of carbonyl (C=O) groups excluding carboxylic acids is 2. The lowest BCUT2D eigenvalue weighted by Crippen LogP contribution is -2.42. The SMILES string of the molecule is COC(=O)N1c2ccc3c(nc(C(O)c4cc(F)ccc4OC)n3C3CCCC(C(C)=O)C3)c2CC[C@@H]1C. The fourth-order valence-corrected chi connectivity index (χ4v) is 6.20. The number of aliphatic hydroxyl groups is 1. The van der Waals surface area contributed by atoms with Crippen LogP contribution in [0.1, 0.15) is 75.0 Å². The van der Waals surface area contributed by atoms with Crippen LogP contribution in [0.5, 0.6) is 5.75 Å². The van der Waals surface area contributed by atoms with Crippen molar-refractivity contribution in [1.29, 1.82) is 0 Å². The van der Waals surface area contributed by atoms with E-state index in [-0.39, 0.29) is 29.3 Å². The van der Waals surface area contributed by atoms with E-state index in [1.54, 1.807) is 11.8 Å². The van der Waals surface area contributed by atoms with Gasteiger partial charge in [0.2, 0.25) is 0 Å². The molecule has 1 aliphatic carbocycles. The van der Waals surface area contributed by atoms with Crippen molar-refractivity contribution in [2.45, 2.75) is 70.6 Å². The molecule has 1 saturated carbocycles. The minimum Gasteiger partial charge on any atom is -0.496 e. The van der Waals surface area contributed by atoms with Crippen LogP contribution in [0.25, 0.3) is 11.0 Å². The number of hydrogen-bond acceptors (Lipinski definition) is 6. The number of aliphatic hydroxyl groups excluding tert-OH is 1. The molecule has 1 amide bonds. The van der Waals surface area contributed by atoms with E-state index in [0.29, 0.717) is 29.9 Å². The average Bonchev–Trinajstić information content (AvgIpc) is 3.32. The highest BCUT2D eigenvalue weighted by atomic mass is 19.1. The predicted octanol–water partition coefficient (Wildman–Crippen LogP) is 5.49. The molecule has 2 heterocycles. The number of hydrogen-bond donors (Lipinski definition) is 1. The van der Waals surface area contributed by atoms with Crippen LogP contribution in [0.15, 0.2) is 30.3 Å². The monoisotopic (exact) mass is 523 g/mol. The van der Waals surface area contributed by atoms with E-state index in [1.807, 2.05) is 23.6 Å². The van der Waals surface area contributed by atoms with Crippen LogP contribution in [0, 0.1) is 11.7 Å². The van der Waals surface area contributed by atoms with E-state index in [0.717, 1.165) is 42.5 Å². The van der Waals surface area contributed by atoms with Crippen LogP contribution in [0.3, 0.4) is 0 Å². The van der Waals surface area contributed by atoms with Gasteiger partial charge in [0.1, 0.15) is 29.3 Å². The Balaban J connectivity index is 1.72. The van der Waals surface area contributed by atoms with Crippen molar-refractivity contribution in [1.82, 2.24) is 9.55 Å². The first-order valence-electron chi connectivity index (χ1n) is 13.2. The van der Waals surface area contributed by atoms with Crippen molar-refractivity contribution in [3.63, 3.8) is 0 Å².